The Bertz CT molecular complexity index is 9930. The lowest BCUT2D eigenvalue weighted by molar-refractivity contribution is 0.669. The second-order valence-corrected chi connectivity index (χ2v) is 37.0. The molecule has 135 heavy (non-hydrogen) atoms. The molecule has 0 bridgehead atoms. The minimum atomic E-state index is 0.565. The van der Waals surface area contributed by atoms with E-state index in [9.17, 15) is 0 Å². The molecule has 0 radical (unpaired) electrons. The molecule has 0 amide bonds. The van der Waals surface area contributed by atoms with E-state index in [1.807, 2.05) is 193 Å². The minimum absolute atomic E-state index is 0.565. The Labute approximate surface area is 778 Å². The van der Waals surface area contributed by atoms with Gasteiger partial charge in [0.15, 0.2) is 40.5 Å². The highest BCUT2D eigenvalue weighted by molar-refractivity contribution is 7.27. The molecule has 0 saturated carbocycles. The van der Waals surface area contributed by atoms with Crippen LogP contribution in [0.5, 0.6) is 0 Å². The number of hydrogen-bond donors (Lipinski definition) is 0. The van der Waals surface area contributed by atoms with Crippen LogP contribution in [0.15, 0.2) is 414 Å². The van der Waals surface area contributed by atoms with Crippen LogP contribution in [0, 0.1) is 0 Å². The topological polar surface area (TPSA) is 170 Å². The van der Waals surface area contributed by atoms with Gasteiger partial charge < -0.3 is 13.3 Å². The van der Waals surface area contributed by atoms with Gasteiger partial charge in [0, 0.05) is 172 Å². The molecule has 18 heteroatoms. The number of fused-ring (bicyclic) bond motifs is 29. The molecule has 12 heterocycles. The highest BCUT2D eigenvalue weighted by Crippen LogP contribution is 2.49. The van der Waals surface area contributed by atoms with E-state index < -0.39 is 0 Å². The maximum Gasteiger partial charge on any atom is 0.238 e. The fourth-order valence-electron chi connectivity index (χ4n) is 19.8. The van der Waals surface area contributed by atoms with Crippen molar-refractivity contribution in [3.8, 4) is 86.2 Å². The molecule has 0 unspecified atom stereocenters. The quantitative estimate of drug-likeness (QED) is 0.134. The molecule has 0 atom stereocenters. The maximum atomic E-state index is 6.72. The van der Waals surface area contributed by atoms with E-state index in [0.29, 0.717) is 52.8 Å². The van der Waals surface area contributed by atoms with Gasteiger partial charge in [0.2, 0.25) is 17.8 Å². The van der Waals surface area contributed by atoms with Gasteiger partial charge in [0.05, 0.1) is 37.8 Å². The van der Waals surface area contributed by atoms with Crippen molar-refractivity contribution in [1.82, 2.24) is 58.6 Å². The Morgan fingerprint density at radius 2 is 0.481 bits per heavy atom. The molecule has 0 saturated heterocycles. The van der Waals surface area contributed by atoms with Crippen LogP contribution >= 0.6 is 34.0 Å². The van der Waals surface area contributed by atoms with Gasteiger partial charge in [0.25, 0.3) is 0 Å². The summed E-state index contributed by atoms with van der Waals surface area (Å²) < 4.78 is 33.8. The van der Waals surface area contributed by atoms with Crippen molar-refractivity contribution in [2.45, 2.75) is 0 Å². The lowest BCUT2D eigenvalue weighted by atomic mass is 10.0. The molecule has 30 aromatic rings. The number of thiophene rings is 3. The normalized spacial score (nSPS) is 12.0. The molecular weight excluding hydrogens is 1720 g/mol. The summed E-state index contributed by atoms with van der Waals surface area (Å²) in [5.41, 5.74) is 16.9. The van der Waals surface area contributed by atoms with Crippen molar-refractivity contribution in [1.29, 1.82) is 0 Å². The molecule has 0 aliphatic rings. The fourth-order valence-corrected chi connectivity index (χ4v) is 23.2. The molecule has 630 valence electrons. The number of benzene rings is 18. The van der Waals surface area contributed by atoms with E-state index in [1.54, 1.807) is 22.7 Å². The zero-order valence-corrected chi connectivity index (χ0v) is 73.9. The molecule has 12 aromatic heterocycles. The van der Waals surface area contributed by atoms with Crippen LogP contribution in [0.4, 0.5) is 0 Å². The number of aromatic nitrogens is 12. The van der Waals surface area contributed by atoms with Crippen molar-refractivity contribution in [3.05, 3.63) is 400 Å². The Morgan fingerprint density at radius 3 is 0.919 bits per heavy atom. The molecule has 0 aliphatic heterocycles. The van der Waals surface area contributed by atoms with Crippen molar-refractivity contribution in [2.24, 2.45) is 0 Å². The largest absolute Gasteiger partial charge is 0.456 e. The molecule has 0 N–H and O–H groups in total. The van der Waals surface area contributed by atoms with Crippen molar-refractivity contribution < 1.29 is 13.3 Å². The van der Waals surface area contributed by atoms with E-state index in [-0.39, 0.29) is 0 Å². The molecule has 0 aliphatic carbocycles. The number of rotatable bonds is 9. The fraction of sp³-hybridized carbons (Fsp3) is 0. The summed E-state index contributed by atoms with van der Waals surface area (Å²) >= 11 is 5.42. The van der Waals surface area contributed by atoms with Crippen LogP contribution in [0.1, 0.15) is 0 Å². The van der Waals surface area contributed by atoms with Crippen LogP contribution in [0.3, 0.4) is 0 Å². The summed E-state index contributed by atoms with van der Waals surface area (Å²) in [5.74, 6) is 5.46. The summed E-state index contributed by atoms with van der Waals surface area (Å²) in [4.78, 5) is 45.2. The molecule has 0 spiro atoms. The summed E-state index contributed by atoms with van der Waals surface area (Å²) in [5, 5.41) is 21.1. The van der Waals surface area contributed by atoms with Crippen LogP contribution in [0.2, 0.25) is 0 Å². The second kappa shape index (κ2) is 30.5. The van der Waals surface area contributed by atoms with Crippen LogP contribution in [-0.2, 0) is 0 Å². The first-order chi connectivity index (χ1) is 66.9. The van der Waals surface area contributed by atoms with Crippen molar-refractivity contribution in [2.75, 3.05) is 0 Å². The monoisotopic (exact) mass is 1780 g/mol. The predicted molar refractivity (Wildman–Crippen MR) is 556 cm³/mol. The van der Waals surface area contributed by atoms with Crippen molar-refractivity contribution in [3.63, 3.8) is 0 Å². The SMILES string of the molecule is c1ccc(-c2nc(-c3ccccc3)nc(-n3c4ccccc4c4cc5c(cc43)oc3c5ccc4c5ccccc5sc43)n2)cc1.c1ccc(-c2nc(-c3ccccc3)nc(-n3c4ccccc4c4cc5c(cc43)oc3cc4sc6ccccc6c4cc35)n2)cc1.c1ccc(-c2nc(-c3ccccc3)nc(-n3c4ccccc4c4cc5c(cc43)oc3ccc4sc6ccccc6c4c35)n2)cc1. The van der Waals surface area contributed by atoms with E-state index >= 15 is 0 Å². The highest BCUT2D eigenvalue weighted by Gasteiger charge is 2.28. The number of furan rings is 3. The van der Waals surface area contributed by atoms with Gasteiger partial charge in [-0.15, -0.1) is 34.0 Å². The standard InChI is InChI=1S/3C39H22N4OS/c1-3-11-23(12-4-1)37-40-38(24-13-5-2-6-14-24)42-39(41-37)43-31-17-9-7-15-25(31)27-19-28-29-20-30-26-16-8-10-18-35(26)45-36(30)22-34(29)44-33(28)21-32(27)43;1-3-11-23(12-4-1)37-40-38(24-13-5-2-6-14-24)42-39(41-37)43-29-17-9-7-15-25(29)27-21-28-32(22-30(27)43)44-31-19-20-34-36(35(28)31)26-16-8-10-18-33(26)45-34;1-3-11-23(12-4-1)37-40-38(24-13-5-2-6-14-24)42-39(41-37)43-31-17-9-7-15-25(31)29-21-30-27-19-20-28-26-16-8-10-18-34(26)45-36(28)35(27)44-33(30)22-32(29)43/h3*1-22H. The Morgan fingerprint density at radius 1 is 0.170 bits per heavy atom. The molecular formula is C117H66N12O3S3. The van der Waals surface area contributed by atoms with E-state index in [1.165, 1.54) is 60.5 Å². The number of hydrogen-bond acceptors (Lipinski definition) is 15. The van der Waals surface area contributed by atoms with Gasteiger partial charge in [-0.25, -0.2) is 15.0 Å². The first kappa shape index (κ1) is 76.3. The van der Waals surface area contributed by atoms with Gasteiger partial charge in [-0.1, -0.05) is 297 Å². The minimum Gasteiger partial charge on any atom is -0.456 e. The molecule has 18 aromatic carbocycles. The summed E-state index contributed by atoms with van der Waals surface area (Å²) in [6, 6.07) is 138. The predicted octanol–water partition coefficient (Wildman–Crippen LogP) is 31.7. The third-order valence-electron chi connectivity index (χ3n) is 26.0. The van der Waals surface area contributed by atoms with Gasteiger partial charge in [0.1, 0.15) is 27.9 Å². The first-order valence-corrected chi connectivity index (χ1v) is 47.1. The van der Waals surface area contributed by atoms with Crippen molar-refractivity contribution >= 4 is 226 Å². The van der Waals surface area contributed by atoms with Gasteiger partial charge in [-0.2, -0.15) is 29.9 Å². The lowest BCUT2D eigenvalue weighted by Crippen LogP contribution is -2.06. The first-order valence-electron chi connectivity index (χ1n) is 44.6. The van der Waals surface area contributed by atoms with Crippen LogP contribution < -0.4 is 0 Å². The van der Waals surface area contributed by atoms with Crippen LogP contribution in [-0.4, -0.2) is 58.6 Å². The van der Waals surface area contributed by atoms with Gasteiger partial charge in [-0.3, -0.25) is 13.7 Å². The molecule has 15 nitrogen and oxygen atoms in total. The zero-order valence-electron chi connectivity index (χ0n) is 71.4. The lowest BCUT2D eigenvalue weighted by Gasteiger charge is -2.10. The molecule has 30 rings (SSSR count). The van der Waals surface area contributed by atoms with Crippen LogP contribution in [0.25, 0.3) is 278 Å². The average molecular weight is 1780 g/mol. The summed E-state index contributed by atoms with van der Waals surface area (Å²) in [6.07, 6.45) is 0. The van der Waals surface area contributed by atoms with E-state index in [0.717, 1.165) is 165 Å². The third kappa shape index (κ3) is 12.4. The number of nitrogens with zero attached hydrogens (tertiary/aromatic N) is 12. The van der Waals surface area contributed by atoms with E-state index in [4.69, 9.17) is 58.1 Å². The molecule has 0 fully saturated rings. The van der Waals surface area contributed by atoms with Gasteiger partial charge >= 0.3 is 0 Å². The average Bonchev–Trinajstić information content (AvgIpc) is 1.56. The Balaban J connectivity index is 0.000000101. The second-order valence-electron chi connectivity index (χ2n) is 33.8. The smallest absolute Gasteiger partial charge is 0.238 e. The summed E-state index contributed by atoms with van der Waals surface area (Å²) in [6.45, 7) is 0. The summed E-state index contributed by atoms with van der Waals surface area (Å²) in [7, 11) is 0. The maximum absolute atomic E-state index is 6.72. The van der Waals surface area contributed by atoms with E-state index in [2.05, 4.69) is 232 Å². The zero-order chi connectivity index (χ0) is 88.5. The Hall–Kier alpha value is -17.6. The van der Waals surface area contributed by atoms with Gasteiger partial charge in [-0.05, 0) is 84.9 Å². The highest BCUT2D eigenvalue weighted by atomic mass is 32.1. The Kier molecular flexibility index (Phi) is 17.3. The third-order valence-corrected chi connectivity index (χ3v) is 29.4. The number of para-hydroxylation sites is 3.